The van der Waals surface area contributed by atoms with E-state index in [2.05, 4.69) is 27.4 Å². The first-order valence-corrected chi connectivity index (χ1v) is 6.27. The van der Waals surface area contributed by atoms with Crippen molar-refractivity contribution >= 4 is 17.5 Å². The maximum Gasteiger partial charge on any atom is 0.212 e. The van der Waals surface area contributed by atoms with Crippen molar-refractivity contribution in [1.82, 2.24) is 14.9 Å². The molecule has 0 spiro atoms. The lowest BCUT2D eigenvalue weighted by Crippen LogP contribution is -2.15. The van der Waals surface area contributed by atoms with E-state index in [0.717, 1.165) is 22.2 Å². The number of benzene rings is 1. The molecule has 5 nitrogen and oxygen atoms in total. The SMILES string of the molecule is NCc1nnc2n1N=C(c1ccccc1)CS2. The zero-order chi connectivity index (χ0) is 11.7. The van der Waals surface area contributed by atoms with Gasteiger partial charge < -0.3 is 5.73 Å². The first kappa shape index (κ1) is 10.5. The Morgan fingerprint density at radius 1 is 1.24 bits per heavy atom. The Hall–Kier alpha value is -1.66. The fourth-order valence-electron chi connectivity index (χ4n) is 1.67. The molecular formula is C11H11N5S. The van der Waals surface area contributed by atoms with Crippen LogP contribution in [0.1, 0.15) is 11.4 Å². The standard InChI is InChI=1S/C11H11N5S/c12-6-10-13-14-11-16(10)15-9(7-17-11)8-4-2-1-3-5-8/h1-5H,6-7,12H2. The second-order valence-electron chi connectivity index (χ2n) is 3.62. The smallest absolute Gasteiger partial charge is 0.212 e. The van der Waals surface area contributed by atoms with Gasteiger partial charge in [-0.1, -0.05) is 42.1 Å². The van der Waals surface area contributed by atoms with Crippen molar-refractivity contribution in [2.75, 3.05) is 5.75 Å². The van der Waals surface area contributed by atoms with E-state index in [-0.39, 0.29) is 0 Å². The van der Waals surface area contributed by atoms with E-state index in [1.807, 2.05) is 18.2 Å². The third-order valence-electron chi connectivity index (χ3n) is 2.52. The van der Waals surface area contributed by atoms with E-state index in [1.54, 1.807) is 16.4 Å². The average molecular weight is 245 g/mol. The molecule has 0 bridgehead atoms. The maximum absolute atomic E-state index is 5.60. The summed E-state index contributed by atoms with van der Waals surface area (Å²) in [5.74, 6) is 1.51. The minimum absolute atomic E-state index is 0.346. The van der Waals surface area contributed by atoms with Crippen LogP contribution < -0.4 is 5.73 Å². The predicted octanol–water partition coefficient (Wildman–Crippen LogP) is 1.09. The van der Waals surface area contributed by atoms with Gasteiger partial charge in [-0.15, -0.1) is 10.2 Å². The van der Waals surface area contributed by atoms with Crippen LogP contribution in [0.3, 0.4) is 0 Å². The minimum Gasteiger partial charge on any atom is -0.324 e. The van der Waals surface area contributed by atoms with Crippen molar-refractivity contribution in [2.45, 2.75) is 11.7 Å². The Morgan fingerprint density at radius 3 is 2.82 bits per heavy atom. The quantitative estimate of drug-likeness (QED) is 0.860. The number of fused-ring (bicyclic) bond motifs is 1. The number of nitrogens with two attached hydrogens (primary N) is 1. The molecule has 3 rings (SSSR count). The Morgan fingerprint density at radius 2 is 2.06 bits per heavy atom. The van der Waals surface area contributed by atoms with Crippen molar-refractivity contribution in [2.24, 2.45) is 10.8 Å². The second kappa shape index (κ2) is 4.31. The normalized spacial score (nSPS) is 14.3. The molecule has 1 aromatic carbocycles. The molecule has 0 saturated carbocycles. The number of rotatable bonds is 2. The molecule has 0 saturated heterocycles. The lowest BCUT2D eigenvalue weighted by Gasteiger charge is -2.13. The van der Waals surface area contributed by atoms with Gasteiger partial charge in [0.25, 0.3) is 0 Å². The first-order chi connectivity index (χ1) is 8.38. The highest BCUT2D eigenvalue weighted by molar-refractivity contribution is 7.99. The lowest BCUT2D eigenvalue weighted by molar-refractivity contribution is 0.708. The molecule has 6 heteroatoms. The topological polar surface area (TPSA) is 69.1 Å². The molecule has 0 aliphatic carbocycles. The molecule has 0 radical (unpaired) electrons. The van der Waals surface area contributed by atoms with Gasteiger partial charge >= 0.3 is 0 Å². The summed E-state index contributed by atoms with van der Waals surface area (Å²) in [6.07, 6.45) is 0. The van der Waals surface area contributed by atoms with Crippen LogP contribution in [-0.2, 0) is 6.54 Å². The Balaban J connectivity index is 2.05. The highest BCUT2D eigenvalue weighted by atomic mass is 32.2. The van der Waals surface area contributed by atoms with Gasteiger partial charge in [0, 0.05) is 5.75 Å². The number of aromatic nitrogens is 3. The third kappa shape index (κ3) is 1.85. The monoisotopic (exact) mass is 245 g/mol. The largest absolute Gasteiger partial charge is 0.324 e. The van der Waals surface area contributed by atoms with E-state index in [0.29, 0.717) is 12.4 Å². The maximum atomic E-state index is 5.60. The summed E-state index contributed by atoms with van der Waals surface area (Å²) in [5, 5.41) is 13.4. The summed E-state index contributed by atoms with van der Waals surface area (Å²) >= 11 is 1.63. The second-order valence-corrected chi connectivity index (χ2v) is 4.56. The van der Waals surface area contributed by atoms with E-state index >= 15 is 0 Å². The molecule has 2 heterocycles. The van der Waals surface area contributed by atoms with Crippen molar-refractivity contribution in [3.8, 4) is 0 Å². The van der Waals surface area contributed by atoms with Crippen molar-refractivity contribution in [3.63, 3.8) is 0 Å². The highest BCUT2D eigenvalue weighted by Crippen LogP contribution is 2.23. The summed E-state index contributed by atoms with van der Waals surface area (Å²) in [7, 11) is 0. The van der Waals surface area contributed by atoms with E-state index in [9.17, 15) is 0 Å². The number of nitrogens with zero attached hydrogens (tertiary/aromatic N) is 4. The molecular weight excluding hydrogens is 234 g/mol. The first-order valence-electron chi connectivity index (χ1n) is 5.29. The average Bonchev–Trinajstić information content (AvgIpc) is 2.81. The molecule has 86 valence electrons. The summed E-state index contributed by atoms with van der Waals surface area (Å²) in [6, 6.07) is 10.1. The van der Waals surface area contributed by atoms with Gasteiger partial charge in [0.15, 0.2) is 5.82 Å². The van der Waals surface area contributed by atoms with Gasteiger partial charge in [0.1, 0.15) is 0 Å². The highest BCUT2D eigenvalue weighted by Gasteiger charge is 2.18. The predicted molar refractivity (Wildman–Crippen MR) is 67.0 cm³/mol. The summed E-state index contributed by atoms with van der Waals surface area (Å²) < 4.78 is 1.73. The van der Waals surface area contributed by atoms with Crippen LogP contribution in [0.2, 0.25) is 0 Å². The minimum atomic E-state index is 0.346. The van der Waals surface area contributed by atoms with Crippen LogP contribution in [0, 0.1) is 0 Å². The molecule has 0 amide bonds. The fraction of sp³-hybridized carbons (Fsp3) is 0.182. The van der Waals surface area contributed by atoms with Gasteiger partial charge in [0.2, 0.25) is 5.16 Å². The molecule has 2 aromatic rings. The van der Waals surface area contributed by atoms with Crippen LogP contribution in [0.5, 0.6) is 0 Å². The zero-order valence-corrected chi connectivity index (χ0v) is 9.89. The van der Waals surface area contributed by atoms with Crippen molar-refractivity contribution in [1.29, 1.82) is 0 Å². The Bertz CT molecular complexity index is 560. The third-order valence-corrected chi connectivity index (χ3v) is 3.46. The van der Waals surface area contributed by atoms with Crippen molar-refractivity contribution in [3.05, 3.63) is 41.7 Å². The Kier molecular flexibility index (Phi) is 2.66. The Labute approximate surface area is 103 Å². The number of thioether (sulfide) groups is 1. The molecule has 1 aliphatic rings. The van der Waals surface area contributed by atoms with Crippen LogP contribution in [0.4, 0.5) is 0 Å². The fourth-order valence-corrected chi connectivity index (χ4v) is 2.52. The summed E-state index contributed by atoms with van der Waals surface area (Å²) in [5.41, 5.74) is 7.75. The molecule has 0 unspecified atom stereocenters. The van der Waals surface area contributed by atoms with Crippen molar-refractivity contribution < 1.29 is 0 Å². The molecule has 2 N–H and O–H groups in total. The molecule has 1 aliphatic heterocycles. The molecule has 0 fully saturated rings. The number of hydrogen-bond acceptors (Lipinski definition) is 5. The van der Waals surface area contributed by atoms with Crippen LogP contribution in [0.15, 0.2) is 40.6 Å². The van der Waals surface area contributed by atoms with Gasteiger partial charge in [-0.05, 0) is 5.56 Å². The van der Waals surface area contributed by atoms with Gasteiger partial charge in [0.05, 0.1) is 12.3 Å². The summed E-state index contributed by atoms with van der Waals surface area (Å²) in [4.78, 5) is 0. The van der Waals surface area contributed by atoms with Gasteiger partial charge in [-0.2, -0.15) is 9.78 Å². The van der Waals surface area contributed by atoms with E-state index in [4.69, 9.17) is 5.73 Å². The molecule has 0 atom stereocenters. The lowest BCUT2D eigenvalue weighted by atomic mass is 10.1. The summed E-state index contributed by atoms with van der Waals surface area (Å²) in [6.45, 7) is 0.346. The van der Waals surface area contributed by atoms with Crippen LogP contribution in [-0.4, -0.2) is 26.3 Å². The van der Waals surface area contributed by atoms with Crippen LogP contribution in [0.25, 0.3) is 0 Å². The van der Waals surface area contributed by atoms with E-state index in [1.165, 1.54) is 0 Å². The van der Waals surface area contributed by atoms with Crippen LogP contribution >= 0.6 is 11.8 Å². The molecule has 17 heavy (non-hydrogen) atoms. The number of hydrogen-bond donors (Lipinski definition) is 1. The van der Waals surface area contributed by atoms with Gasteiger partial charge in [-0.3, -0.25) is 0 Å². The molecule has 1 aromatic heterocycles. The van der Waals surface area contributed by atoms with Gasteiger partial charge in [-0.25, -0.2) is 0 Å². The van der Waals surface area contributed by atoms with E-state index < -0.39 is 0 Å². The zero-order valence-electron chi connectivity index (χ0n) is 9.08.